The van der Waals surface area contributed by atoms with Crippen LogP contribution in [0.1, 0.15) is 38.3 Å². The van der Waals surface area contributed by atoms with Gasteiger partial charge in [0.1, 0.15) is 11.4 Å². The molecule has 1 atom stereocenters. The number of amides is 1. The number of carbonyl (C=O) groups excluding carboxylic acids is 1. The molecule has 3 rings (SSSR count). The van der Waals surface area contributed by atoms with Crippen molar-refractivity contribution in [2.24, 2.45) is 5.16 Å². The van der Waals surface area contributed by atoms with Crippen molar-refractivity contribution in [2.45, 2.75) is 45.3 Å². The van der Waals surface area contributed by atoms with Crippen LogP contribution in [0.4, 0.5) is 4.79 Å². The van der Waals surface area contributed by atoms with Crippen LogP contribution in [0.2, 0.25) is 0 Å². The first-order valence-corrected chi connectivity index (χ1v) is 7.86. The number of alkyl carbamates (subject to hydrolysis) is 1. The molecule has 6 nitrogen and oxygen atoms in total. The van der Waals surface area contributed by atoms with E-state index in [1.165, 1.54) is 5.56 Å². The number of oxime groups is 1. The summed E-state index contributed by atoms with van der Waals surface area (Å²) in [5.41, 5.74) is 2.65. The highest BCUT2D eigenvalue weighted by Crippen LogP contribution is 2.27. The topological polar surface area (TPSA) is 69.2 Å². The van der Waals surface area contributed by atoms with Gasteiger partial charge in [0.25, 0.3) is 0 Å². The summed E-state index contributed by atoms with van der Waals surface area (Å²) in [5.74, 6) is 0.955. The fraction of sp³-hybridized carbons (Fsp3) is 0.529. The van der Waals surface area contributed by atoms with Gasteiger partial charge in [0.2, 0.25) is 0 Å². The molecule has 0 aliphatic carbocycles. The third-order valence-corrected chi connectivity index (χ3v) is 3.63. The highest BCUT2D eigenvalue weighted by atomic mass is 16.6. The van der Waals surface area contributed by atoms with Gasteiger partial charge in [-0.3, -0.25) is 0 Å². The second-order valence-corrected chi connectivity index (χ2v) is 6.77. The molecule has 1 aromatic rings. The van der Waals surface area contributed by atoms with Crippen molar-refractivity contribution >= 4 is 11.8 Å². The number of carbonyl (C=O) groups is 1. The van der Waals surface area contributed by atoms with Gasteiger partial charge < -0.3 is 19.6 Å². The monoisotopic (exact) mass is 318 g/mol. The summed E-state index contributed by atoms with van der Waals surface area (Å²) >= 11 is 0. The number of nitrogens with one attached hydrogen (secondary N) is 1. The number of hydrogen-bond donors (Lipinski definition) is 1. The number of rotatable bonds is 3. The predicted molar refractivity (Wildman–Crippen MR) is 85.9 cm³/mol. The van der Waals surface area contributed by atoms with E-state index in [9.17, 15) is 4.79 Å². The zero-order valence-corrected chi connectivity index (χ0v) is 13.7. The van der Waals surface area contributed by atoms with E-state index in [4.69, 9.17) is 14.3 Å². The third kappa shape index (κ3) is 3.94. The number of nitrogens with zero attached hydrogens (tertiary/aromatic N) is 1. The molecular weight excluding hydrogens is 296 g/mol. The molecule has 6 heteroatoms. The van der Waals surface area contributed by atoms with Crippen molar-refractivity contribution in [1.82, 2.24) is 5.32 Å². The van der Waals surface area contributed by atoms with Crippen molar-refractivity contribution < 1.29 is 19.1 Å². The van der Waals surface area contributed by atoms with Crippen LogP contribution >= 0.6 is 0 Å². The molecule has 1 N–H and O–H groups in total. The van der Waals surface area contributed by atoms with Crippen LogP contribution in [0.15, 0.2) is 23.4 Å². The van der Waals surface area contributed by atoms with Crippen LogP contribution in [0.25, 0.3) is 0 Å². The van der Waals surface area contributed by atoms with Gasteiger partial charge in [-0.15, -0.1) is 0 Å². The maximum absolute atomic E-state index is 11.7. The van der Waals surface area contributed by atoms with E-state index in [1.54, 1.807) is 0 Å². The first kappa shape index (κ1) is 15.6. The van der Waals surface area contributed by atoms with Crippen LogP contribution < -0.4 is 10.1 Å². The SMILES string of the molecule is CC(C)(C)OC(=O)NCC1CC(c2ccc3c(c2)CCO3)=NO1. The Morgan fingerprint density at radius 3 is 3.04 bits per heavy atom. The van der Waals surface area contributed by atoms with E-state index < -0.39 is 11.7 Å². The van der Waals surface area contributed by atoms with Crippen LogP contribution in [-0.2, 0) is 16.0 Å². The van der Waals surface area contributed by atoms with Gasteiger partial charge in [0.15, 0.2) is 6.10 Å². The van der Waals surface area contributed by atoms with E-state index in [-0.39, 0.29) is 6.10 Å². The number of fused-ring (bicyclic) bond motifs is 1. The molecule has 1 unspecified atom stereocenters. The second kappa shape index (κ2) is 6.10. The molecule has 23 heavy (non-hydrogen) atoms. The number of hydrogen-bond acceptors (Lipinski definition) is 5. The zero-order valence-electron chi connectivity index (χ0n) is 13.7. The Morgan fingerprint density at radius 2 is 2.26 bits per heavy atom. The fourth-order valence-electron chi connectivity index (χ4n) is 2.59. The minimum Gasteiger partial charge on any atom is -0.493 e. The summed E-state index contributed by atoms with van der Waals surface area (Å²) in [6, 6.07) is 6.08. The Kier molecular flexibility index (Phi) is 4.15. The zero-order chi connectivity index (χ0) is 16.4. The largest absolute Gasteiger partial charge is 0.493 e. The Balaban J connectivity index is 1.51. The van der Waals surface area contributed by atoms with Crippen LogP contribution in [-0.4, -0.2) is 36.7 Å². The molecule has 2 aliphatic rings. The lowest BCUT2D eigenvalue weighted by Gasteiger charge is -2.20. The highest BCUT2D eigenvalue weighted by Gasteiger charge is 2.25. The highest BCUT2D eigenvalue weighted by molar-refractivity contribution is 6.01. The summed E-state index contributed by atoms with van der Waals surface area (Å²) in [6.45, 7) is 6.60. The van der Waals surface area contributed by atoms with Crippen molar-refractivity contribution in [3.05, 3.63) is 29.3 Å². The average molecular weight is 318 g/mol. The minimum atomic E-state index is -0.505. The molecule has 0 radical (unpaired) electrons. The first-order chi connectivity index (χ1) is 10.9. The molecule has 0 fully saturated rings. The Hall–Kier alpha value is -2.24. The summed E-state index contributed by atoms with van der Waals surface area (Å²) < 4.78 is 10.7. The van der Waals surface area contributed by atoms with Gasteiger partial charge in [0.05, 0.1) is 18.9 Å². The van der Waals surface area contributed by atoms with Crippen molar-refractivity contribution in [3.63, 3.8) is 0 Å². The first-order valence-electron chi connectivity index (χ1n) is 7.86. The number of benzene rings is 1. The normalized spacial score (nSPS) is 19.4. The van der Waals surface area contributed by atoms with E-state index in [0.29, 0.717) is 13.0 Å². The lowest BCUT2D eigenvalue weighted by molar-refractivity contribution is 0.0439. The van der Waals surface area contributed by atoms with E-state index in [2.05, 4.69) is 16.5 Å². The third-order valence-electron chi connectivity index (χ3n) is 3.63. The van der Waals surface area contributed by atoms with Crippen LogP contribution in [0, 0.1) is 0 Å². The van der Waals surface area contributed by atoms with E-state index >= 15 is 0 Å². The fourth-order valence-corrected chi connectivity index (χ4v) is 2.59. The molecule has 124 valence electrons. The van der Waals surface area contributed by atoms with Crippen molar-refractivity contribution in [1.29, 1.82) is 0 Å². The van der Waals surface area contributed by atoms with E-state index in [1.807, 2.05) is 32.9 Å². The summed E-state index contributed by atoms with van der Waals surface area (Å²) in [4.78, 5) is 17.1. The Bertz CT molecular complexity index is 634. The maximum Gasteiger partial charge on any atom is 0.407 e. The molecule has 0 saturated heterocycles. The molecule has 0 spiro atoms. The lowest BCUT2D eigenvalue weighted by Crippen LogP contribution is -2.37. The van der Waals surface area contributed by atoms with E-state index in [0.717, 1.165) is 30.1 Å². The number of ether oxygens (including phenoxy) is 2. The summed E-state index contributed by atoms with van der Waals surface area (Å²) in [6.07, 6.45) is 0.988. The van der Waals surface area contributed by atoms with Gasteiger partial charge in [-0.05, 0) is 50.1 Å². The molecular formula is C17H22N2O4. The van der Waals surface area contributed by atoms with Crippen LogP contribution in [0.5, 0.6) is 5.75 Å². The standard InChI is InChI=1S/C17H22N2O4/c1-17(2,3)22-16(20)18-10-13-9-14(19-23-13)11-4-5-15-12(8-11)6-7-21-15/h4-5,8,13H,6-7,9-10H2,1-3H3,(H,18,20). The molecule has 1 aromatic carbocycles. The lowest BCUT2D eigenvalue weighted by atomic mass is 10.0. The molecule has 2 aliphatic heterocycles. The van der Waals surface area contributed by atoms with Gasteiger partial charge >= 0.3 is 6.09 Å². The molecule has 1 amide bonds. The quantitative estimate of drug-likeness (QED) is 0.930. The molecule has 0 saturated carbocycles. The predicted octanol–water partition coefficient (Wildman–Crippen LogP) is 2.64. The van der Waals surface area contributed by atoms with Crippen LogP contribution in [0.3, 0.4) is 0 Å². The Labute approximate surface area is 135 Å². The summed E-state index contributed by atoms with van der Waals surface area (Å²) in [7, 11) is 0. The van der Waals surface area contributed by atoms with Gasteiger partial charge in [-0.1, -0.05) is 5.16 Å². The molecule has 2 heterocycles. The van der Waals surface area contributed by atoms with Crippen molar-refractivity contribution in [2.75, 3.05) is 13.2 Å². The summed E-state index contributed by atoms with van der Waals surface area (Å²) in [5, 5.41) is 6.86. The molecule has 0 bridgehead atoms. The maximum atomic E-state index is 11.7. The van der Waals surface area contributed by atoms with Gasteiger partial charge in [-0.25, -0.2) is 4.79 Å². The Morgan fingerprint density at radius 1 is 1.43 bits per heavy atom. The van der Waals surface area contributed by atoms with Gasteiger partial charge in [-0.2, -0.15) is 0 Å². The van der Waals surface area contributed by atoms with Crippen molar-refractivity contribution in [3.8, 4) is 5.75 Å². The average Bonchev–Trinajstić information content (AvgIpc) is 3.11. The smallest absolute Gasteiger partial charge is 0.407 e. The minimum absolute atomic E-state index is 0.165. The molecule has 0 aromatic heterocycles. The van der Waals surface area contributed by atoms with Gasteiger partial charge in [0, 0.05) is 12.8 Å². The second-order valence-electron chi connectivity index (χ2n) is 6.77.